The van der Waals surface area contributed by atoms with Gasteiger partial charge < -0.3 is 4.98 Å². The summed E-state index contributed by atoms with van der Waals surface area (Å²) in [7, 11) is 0. The maximum Gasteiger partial charge on any atom is 0.151 e. The van der Waals surface area contributed by atoms with E-state index in [1.54, 1.807) is 6.92 Å². The van der Waals surface area contributed by atoms with E-state index >= 15 is 0 Å². The molecule has 50 valence electrons. The van der Waals surface area contributed by atoms with Gasteiger partial charge in [-0.1, -0.05) is 0 Å². The third kappa shape index (κ3) is 0.799. The Morgan fingerprint density at radius 2 is 2.50 bits per heavy atom. The molecule has 0 fully saturated rings. The normalized spacial score (nSPS) is 8.80. The molecule has 0 unspecified atom stereocenters. The van der Waals surface area contributed by atoms with Crippen LogP contribution in [0.2, 0.25) is 0 Å². The number of aromatic amines is 1. The van der Waals surface area contributed by atoms with E-state index in [4.69, 9.17) is 5.26 Å². The summed E-state index contributed by atoms with van der Waals surface area (Å²) in [6.07, 6.45) is 2.26. The van der Waals surface area contributed by atoms with Crippen LogP contribution in [0.25, 0.3) is 0 Å². The summed E-state index contributed by atoms with van der Waals surface area (Å²) >= 11 is 0. The Hall–Kier alpha value is -1.56. The highest BCUT2D eigenvalue weighted by molar-refractivity contribution is 5.77. The van der Waals surface area contributed by atoms with Gasteiger partial charge in [0.25, 0.3) is 0 Å². The maximum atomic E-state index is 10.2. The van der Waals surface area contributed by atoms with Crippen molar-refractivity contribution in [3.63, 3.8) is 0 Å². The van der Waals surface area contributed by atoms with Gasteiger partial charge in [0.1, 0.15) is 11.8 Å². The van der Waals surface area contributed by atoms with Crippen molar-refractivity contribution >= 4 is 6.29 Å². The van der Waals surface area contributed by atoms with Crippen molar-refractivity contribution < 1.29 is 4.79 Å². The number of nitriles is 1. The van der Waals surface area contributed by atoms with Crippen molar-refractivity contribution in [2.45, 2.75) is 6.92 Å². The van der Waals surface area contributed by atoms with Crippen LogP contribution in [-0.4, -0.2) is 11.3 Å². The van der Waals surface area contributed by atoms with Gasteiger partial charge in [-0.15, -0.1) is 0 Å². The molecule has 1 aromatic rings. The van der Waals surface area contributed by atoms with Gasteiger partial charge >= 0.3 is 0 Å². The van der Waals surface area contributed by atoms with Crippen LogP contribution >= 0.6 is 0 Å². The van der Waals surface area contributed by atoms with Gasteiger partial charge in [-0.3, -0.25) is 4.79 Å². The van der Waals surface area contributed by atoms with Gasteiger partial charge in [0, 0.05) is 11.8 Å². The summed E-state index contributed by atoms with van der Waals surface area (Å²) < 4.78 is 0. The predicted molar refractivity (Wildman–Crippen MR) is 35.6 cm³/mol. The van der Waals surface area contributed by atoms with Crippen LogP contribution in [0.1, 0.15) is 21.6 Å². The second-order valence-electron chi connectivity index (χ2n) is 1.97. The first-order valence-corrected chi connectivity index (χ1v) is 2.83. The molecule has 10 heavy (non-hydrogen) atoms. The third-order valence-electron chi connectivity index (χ3n) is 1.42. The summed E-state index contributed by atoms with van der Waals surface area (Å²) in [4.78, 5) is 12.9. The van der Waals surface area contributed by atoms with Crippen LogP contribution in [0.5, 0.6) is 0 Å². The molecule has 3 nitrogen and oxygen atoms in total. The van der Waals surface area contributed by atoms with Crippen molar-refractivity contribution in [1.82, 2.24) is 4.98 Å². The van der Waals surface area contributed by atoms with E-state index in [2.05, 4.69) is 4.98 Å². The Kier molecular flexibility index (Phi) is 1.55. The monoisotopic (exact) mass is 134 g/mol. The van der Waals surface area contributed by atoms with Crippen LogP contribution < -0.4 is 0 Å². The number of rotatable bonds is 1. The molecule has 0 aliphatic heterocycles. The molecule has 0 amide bonds. The molecule has 0 saturated heterocycles. The second kappa shape index (κ2) is 2.36. The minimum Gasteiger partial charge on any atom is -0.352 e. The van der Waals surface area contributed by atoms with Crippen LogP contribution in [0.15, 0.2) is 6.20 Å². The van der Waals surface area contributed by atoms with Crippen LogP contribution in [0.4, 0.5) is 0 Å². The van der Waals surface area contributed by atoms with Crippen molar-refractivity contribution in [2.24, 2.45) is 0 Å². The average molecular weight is 134 g/mol. The van der Waals surface area contributed by atoms with Crippen molar-refractivity contribution in [2.75, 3.05) is 0 Å². The van der Waals surface area contributed by atoms with Crippen LogP contribution in [-0.2, 0) is 0 Å². The molecule has 1 N–H and O–H groups in total. The molecule has 1 aromatic heterocycles. The molecule has 0 saturated carbocycles. The van der Waals surface area contributed by atoms with E-state index in [0.717, 1.165) is 11.8 Å². The summed E-state index contributed by atoms with van der Waals surface area (Å²) in [5.74, 6) is 0. The number of carbonyl (C=O) groups excluding carboxylic acids is 1. The van der Waals surface area contributed by atoms with Crippen molar-refractivity contribution in [3.8, 4) is 6.07 Å². The minimum absolute atomic E-state index is 0.460. The van der Waals surface area contributed by atoms with Gasteiger partial charge in [-0.05, 0) is 12.5 Å². The molecule has 3 heteroatoms. The molecular formula is C7H6N2O. The molecule has 0 atom stereocenters. The fourth-order valence-corrected chi connectivity index (χ4v) is 0.749. The Bertz CT molecular complexity index is 293. The standard InChI is InChI=1S/C7H6N2O/c1-5-6(4-10)3-9-7(5)2-8/h3-4,9H,1H3. The lowest BCUT2D eigenvalue weighted by Gasteiger charge is -1.83. The Labute approximate surface area is 58.3 Å². The first-order valence-electron chi connectivity index (χ1n) is 2.83. The largest absolute Gasteiger partial charge is 0.352 e. The lowest BCUT2D eigenvalue weighted by atomic mass is 10.2. The Balaban J connectivity index is 3.24. The number of nitrogens with one attached hydrogen (secondary N) is 1. The molecule has 0 aliphatic rings. The number of aromatic nitrogens is 1. The summed E-state index contributed by atoms with van der Waals surface area (Å²) in [6.45, 7) is 1.73. The molecule has 0 radical (unpaired) electrons. The van der Waals surface area contributed by atoms with Crippen molar-refractivity contribution in [3.05, 3.63) is 23.0 Å². The summed E-state index contributed by atoms with van der Waals surface area (Å²) in [5.41, 5.74) is 1.73. The van der Waals surface area contributed by atoms with E-state index < -0.39 is 0 Å². The van der Waals surface area contributed by atoms with Crippen molar-refractivity contribution in [1.29, 1.82) is 5.26 Å². The topological polar surface area (TPSA) is 56.6 Å². The van der Waals surface area contributed by atoms with E-state index in [1.807, 2.05) is 6.07 Å². The molecule has 0 spiro atoms. The molecule has 0 aromatic carbocycles. The van der Waals surface area contributed by atoms with Crippen LogP contribution in [0.3, 0.4) is 0 Å². The number of hydrogen-bond acceptors (Lipinski definition) is 2. The van der Waals surface area contributed by atoms with E-state index in [-0.39, 0.29) is 0 Å². The lowest BCUT2D eigenvalue weighted by molar-refractivity contribution is 0.112. The van der Waals surface area contributed by atoms with Gasteiger partial charge in [0.05, 0.1) is 0 Å². The SMILES string of the molecule is Cc1c(C=O)c[nH]c1C#N. The van der Waals surface area contributed by atoms with Gasteiger partial charge in [0.15, 0.2) is 6.29 Å². The van der Waals surface area contributed by atoms with E-state index in [1.165, 1.54) is 6.20 Å². The highest BCUT2D eigenvalue weighted by Crippen LogP contribution is 2.08. The van der Waals surface area contributed by atoms with E-state index in [0.29, 0.717) is 11.3 Å². The van der Waals surface area contributed by atoms with Crippen LogP contribution in [0, 0.1) is 18.3 Å². The smallest absolute Gasteiger partial charge is 0.151 e. The first kappa shape index (κ1) is 6.56. The van der Waals surface area contributed by atoms with Gasteiger partial charge in [-0.2, -0.15) is 5.26 Å². The van der Waals surface area contributed by atoms with Gasteiger partial charge in [0.2, 0.25) is 0 Å². The first-order chi connectivity index (χ1) is 4.79. The molecule has 0 bridgehead atoms. The number of H-pyrrole nitrogens is 1. The predicted octanol–water partition coefficient (Wildman–Crippen LogP) is 1.01. The van der Waals surface area contributed by atoms with E-state index in [9.17, 15) is 4.79 Å². The molecule has 1 rings (SSSR count). The number of hydrogen-bond donors (Lipinski definition) is 1. The summed E-state index contributed by atoms with van der Waals surface area (Å²) in [5, 5.41) is 8.43. The zero-order valence-electron chi connectivity index (χ0n) is 5.51. The second-order valence-corrected chi connectivity index (χ2v) is 1.97. The lowest BCUT2D eigenvalue weighted by Crippen LogP contribution is -1.79. The summed E-state index contributed by atoms with van der Waals surface area (Å²) in [6, 6.07) is 1.94. The quantitative estimate of drug-likeness (QED) is 0.582. The van der Waals surface area contributed by atoms with Gasteiger partial charge in [-0.25, -0.2) is 0 Å². The maximum absolute atomic E-state index is 10.2. The minimum atomic E-state index is 0.460. The fourth-order valence-electron chi connectivity index (χ4n) is 0.749. The zero-order valence-corrected chi connectivity index (χ0v) is 5.51. The zero-order chi connectivity index (χ0) is 7.56. The fraction of sp³-hybridized carbons (Fsp3) is 0.143. The highest BCUT2D eigenvalue weighted by Gasteiger charge is 2.03. The Morgan fingerprint density at radius 1 is 1.80 bits per heavy atom. The number of carbonyl (C=O) groups is 1. The third-order valence-corrected chi connectivity index (χ3v) is 1.42. The Morgan fingerprint density at radius 3 is 2.80 bits per heavy atom. The molecule has 0 aliphatic carbocycles. The average Bonchev–Trinajstić information content (AvgIpc) is 2.30. The molecule has 1 heterocycles. The number of aldehydes is 1. The number of nitrogens with zero attached hydrogens (tertiary/aromatic N) is 1. The molecular weight excluding hydrogens is 128 g/mol. The highest BCUT2D eigenvalue weighted by atomic mass is 16.1.